The molecule has 0 aliphatic rings. The molecule has 0 aliphatic heterocycles. The standard InChI is InChI=1S/C9H11N3/c1-7-9(11)5-8(6-12-7)3-2-4-10/h5-6H,4,10-11H2,1H3. The number of nitrogen functional groups attached to an aromatic ring is 1. The number of aromatic nitrogens is 1. The first kappa shape index (κ1) is 8.57. The summed E-state index contributed by atoms with van der Waals surface area (Å²) in [4.78, 5) is 4.06. The third-order valence-corrected chi connectivity index (χ3v) is 1.46. The maximum atomic E-state index is 5.63. The SMILES string of the molecule is Cc1ncc(C#CCN)cc1N. The maximum Gasteiger partial charge on any atom is 0.0602 e. The Bertz CT molecular complexity index is 333. The molecule has 3 heteroatoms. The number of nitrogens with zero attached hydrogens (tertiary/aromatic N) is 1. The molecule has 0 aliphatic carbocycles. The van der Waals surface area contributed by atoms with Crippen molar-refractivity contribution in [2.45, 2.75) is 6.92 Å². The van der Waals surface area contributed by atoms with E-state index >= 15 is 0 Å². The molecule has 0 radical (unpaired) electrons. The van der Waals surface area contributed by atoms with Crippen molar-refractivity contribution in [3.05, 3.63) is 23.5 Å². The molecule has 0 saturated heterocycles. The van der Waals surface area contributed by atoms with E-state index in [1.807, 2.05) is 6.92 Å². The summed E-state index contributed by atoms with van der Waals surface area (Å²) in [6.07, 6.45) is 1.69. The molecule has 12 heavy (non-hydrogen) atoms. The van der Waals surface area contributed by atoms with E-state index in [0.29, 0.717) is 12.2 Å². The van der Waals surface area contributed by atoms with Crippen LogP contribution < -0.4 is 11.5 Å². The topological polar surface area (TPSA) is 64.9 Å². The highest BCUT2D eigenvalue weighted by molar-refractivity contribution is 5.48. The lowest BCUT2D eigenvalue weighted by Crippen LogP contribution is -1.95. The lowest BCUT2D eigenvalue weighted by molar-refractivity contribution is 1.20. The maximum absolute atomic E-state index is 5.63. The van der Waals surface area contributed by atoms with Gasteiger partial charge in [0.05, 0.1) is 17.9 Å². The molecule has 0 fully saturated rings. The first-order valence-corrected chi connectivity index (χ1v) is 3.65. The number of hydrogen-bond acceptors (Lipinski definition) is 3. The Hall–Kier alpha value is -1.53. The first-order chi connectivity index (χ1) is 5.74. The third-order valence-electron chi connectivity index (χ3n) is 1.46. The molecule has 0 amide bonds. The summed E-state index contributed by atoms with van der Waals surface area (Å²) in [6.45, 7) is 2.21. The van der Waals surface area contributed by atoms with Crippen LogP contribution in [-0.4, -0.2) is 11.5 Å². The van der Waals surface area contributed by atoms with E-state index in [0.717, 1.165) is 11.3 Å². The van der Waals surface area contributed by atoms with Gasteiger partial charge in [0.25, 0.3) is 0 Å². The Morgan fingerprint density at radius 1 is 1.58 bits per heavy atom. The fourth-order valence-electron chi connectivity index (χ4n) is 0.772. The smallest absolute Gasteiger partial charge is 0.0602 e. The highest BCUT2D eigenvalue weighted by Crippen LogP contribution is 2.07. The van der Waals surface area contributed by atoms with E-state index < -0.39 is 0 Å². The minimum Gasteiger partial charge on any atom is -0.397 e. The van der Waals surface area contributed by atoms with Gasteiger partial charge < -0.3 is 11.5 Å². The molecule has 62 valence electrons. The van der Waals surface area contributed by atoms with Gasteiger partial charge in [-0.2, -0.15) is 0 Å². The van der Waals surface area contributed by atoms with Gasteiger partial charge in [-0.25, -0.2) is 0 Å². The van der Waals surface area contributed by atoms with Crippen molar-refractivity contribution < 1.29 is 0 Å². The quantitative estimate of drug-likeness (QED) is 0.537. The minimum atomic E-state index is 0.355. The molecule has 4 N–H and O–H groups in total. The summed E-state index contributed by atoms with van der Waals surface area (Å²) in [6, 6.07) is 1.80. The highest BCUT2D eigenvalue weighted by Gasteiger charge is 1.93. The Balaban J connectivity index is 2.97. The van der Waals surface area contributed by atoms with E-state index in [-0.39, 0.29) is 0 Å². The number of pyridine rings is 1. The predicted octanol–water partition coefficient (Wildman–Crippen LogP) is 0.282. The molecule has 0 aromatic carbocycles. The van der Waals surface area contributed by atoms with Crippen LogP contribution in [0.3, 0.4) is 0 Å². The molecular formula is C9H11N3. The second kappa shape index (κ2) is 3.74. The van der Waals surface area contributed by atoms with Crippen LogP contribution in [0.4, 0.5) is 5.69 Å². The van der Waals surface area contributed by atoms with E-state index in [2.05, 4.69) is 16.8 Å². The van der Waals surface area contributed by atoms with Crippen LogP contribution in [0.25, 0.3) is 0 Å². The average molecular weight is 161 g/mol. The van der Waals surface area contributed by atoms with Gasteiger partial charge in [0.15, 0.2) is 0 Å². The Labute approximate surface area is 71.8 Å². The Morgan fingerprint density at radius 3 is 2.92 bits per heavy atom. The van der Waals surface area contributed by atoms with Gasteiger partial charge >= 0.3 is 0 Å². The summed E-state index contributed by atoms with van der Waals surface area (Å²) < 4.78 is 0. The third kappa shape index (κ3) is 1.97. The molecule has 1 aromatic rings. The van der Waals surface area contributed by atoms with Gasteiger partial charge in [-0.15, -0.1) is 0 Å². The van der Waals surface area contributed by atoms with Crippen LogP contribution in [0.5, 0.6) is 0 Å². The van der Waals surface area contributed by atoms with Crippen molar-refractivity contribution in [3.8, 4) is 11.8 Å². The Kier molecular flexibility index (Phi) is 2.67. The molecule has 1 aromatic heterocycles. The normalized spacial score (nSPS) is 8.83. The van der Waals surface area contributed by atoms with Crippen molar-refractivity contribution in [1.29, 1.82) is 0 Å². The Morgan fingerprint density at radius 2 is 2.33 bits per heavy atom. The summed E-state index contributed by atoms with van der Waals surface area (Å²) in [7, 11) is 0. The second-order valence-corrected chi connectivity index (χ2v) is 2.40. The lowest BCUT2D eigenvalue weighted by Gasteiger charge is -1.97. The van der Waals surface area contributed by atoms with E-state index in [9.17, 15) is 0 Å². The molecule has 0 spiro atoms. The lowest BCUT2D eigenvalue weighted by atomic mass is 10.2. The minimum absolute atomic E-state index is 0.355. The fourth-order valence-corrected chi connectivity index (χ4v) is 0.772. The summed E-state index contributed by atoms with van der Waals surface area (Å²) >= 11 is 0. The molecule has 1 heterocycles. The number of aryl methyl sites for hydroxylation is 1. The van der Waals surface area contributed by atoms with E-state index in [4.69, 9.17) is 11.5 Å². The molecule has 3 nitrogen and oxygen atoms in total. The predicted molar refractivity (Wildman–Crippen MR) is 49.3 cm³/mol. The molecule has 0 bridgehead atoms. The van der Waals surface area contributed by atoms with Crippen LogP contribution in [0.15, 0.2) is 12.3 Å². The van der Waals surface area contributed by atoms with Crippen molar-refractivity contribution in [1.82, 2.24) is 4.98 Å². The number of hydrogen-bond donors (Lipinski definition) is 2. The molecule has 0 unspecified atom stereocenters. The number of rotatable bonds is 0. The van der Waals surface area contributed by atoms with Gasteiger partial charge in [0, 0.05) is 11.8 Å². The summed E-state index contributed by atoms with van der Waals surface area (Å²) in [5.41, 5.74) is 13.2. The number of nitrogens with two attached hydrogens (primary N) is 2. The van der Waals surface area contributed by atoms with Crippen LogP contribution in [0.1, 0.15) is 11.3 Å². The van der Waals surface area contributed by atoms with Crippen LogP contribution in [0.2, 0.25) is 0 Å². The van der Waals surface area contributed by atoms with Gasteiger partial charge in [-0.3, -0.25) is 4.98 Å². The zero-order chi connectivity index (χ0) is 8.97. The number of anilines is 1. The van der Waals surface area contributed by atoms with Crippen LogP contribution in [-0.2, 0) is 0 Å². The van der Waals surface area contributed by atoms with Crippen molar-refractivity contribution >= 4 is 5.69 Å². The first-order valence-electron chi connectivity index (χ1n) is 3.65. The highest BCUT2D eigenvalue weighted by atomic mass is 14.7. The van der Waals surface area contributed by atoms with Gasteiger partial charge in [0.2, 0.25) is 0 Å². The largest absolute Gasteiger partial charge is 0.397 e. The molecule has 1 rings (SSSR count). The molecular weight excluding hydrogens is 150 g/mol. The van der Waals surface area contributed by atoms with Gasteiger partial charge in [-0.05, 0) is 13.0 Å². The second-order valence-electron chi connectivity index (χ2n) is 2.40. The van der Waals surface area contributed by atoms with Crippen LogP contribution >= 0.6 is 0 Å². The molecule has 0 saturated carbocycles. The van der Waals surface area contributed by atoms with Crippen molar-refractivity contribution in [3.63, 3.8) is 0 Å². The monoisotopic (exact) mass is 161 g/mol. The van der Waals surface area contributed by atoms with E-state index in [1.165, 1.54) is 0 Å². The van der Waals surface area contributed by atoms with E-state index in [1.54, 1.807) is 12.3 Å². The zero-order valence-corrected chi connectivity index (χ0v) is 6.96. The van der Waals surface area contributed by atoms with Gasteiger partial charge in [-0.1, -0.05) is 11.8 Å². The molecule has 0 atom stereocenters. The van der Waals surface area contributed by atoms with Crippen LogP contribution in [0, 0.1) is 18.8 Å². The van der Waals surface area contributed by atoms with Crippen molar-refractivity contribution in [2.24, 2.45) is 5.73 Å². The fraction of sp³-hybridized carbons (Fsp3) is 0.222. The summed E-state index contributed by atoms with van der Waals surface area (Å²) in [5.74, 6) is 5.59. The average Bonchev–Trinajstić information content (AvgIpc) is 2.07. The van der Waals surface area contributed by atoms with Crippen molar-refractivity contribution in [2.75, 3.05) is 12.3 Å². The van der Waals surface area contributed by atoms with Gasteiger partial charge in [0.1, 0.15) is 0 Å². The summed E-state index contributed by atoms with van der Waals surface area (Å²) in [5, 5.41) is 0. The zero-order valence-electron chi connectivity index (χ0n) is 6.96.